The van der Waals surface area contributed by atoms with Crippen LogP contribution in [0.1, 0.15) is 10.4 Å². The number of methoxy groups -OCH3 is 1. The van der Waals surface area contributed by atoms with Crippen molar-refractivity contribution in [3.05, 3.63) is 47.1 Å². The molecule has 1 aromatic heterocycles. The van der Waals surface area contributed by atoms with Crippen molar-refractivity contribution >= 4 is 23.3 Å². The standard InChI is InChI=1S/C13H11ClN2O3/c1-19-11-5-4-8(7-10(11)17)13(18)16-12-9(14)3-2-6-15-12/h2-7,17H,1H3,(H,15,16,18). The van der Waals surface area contributed by atoms with Crippen LogP contribution in [0.15, 0.2) is 36.5 Å². The highest BCUT2D eigenvalue weighted by Crippen LogP contribution is 2.27. The van der Waals surface area contributed by atoms with Gasteiger partial charge in [-0.25, -0.2) is 4.98 Å². The summed E-state index contributed by atoms with van der Waals surface area (Å²) >= 11 is 5.89. The number of nitrogens with one attached hydrogen (secondary N) is 1. The summed E-state index contributed by atoms with van der Waals surface area (Å²) < 4.78 is 4.90. The van der Waals surface area contributed by atoms with Crippen LogP contribution in [0.3, 0.4) is 0 Å². The molecular formula is C13H11ClN2O3. The van der Waals surface area contributed by atoms with E-state index in [0.717, 1.165) is 0 Å². The summed E-state index contributed by atoms with van der Waals surface area (Å²) in [6.07, 6.45) is 1.52. The molecule has 0 aliphatic heterocycles. The zero-order chi connectivity index (χ0) is 13.8. The molecule has 98 valence electrons. The molecule has 0 radical (unpaired) electrons. The number of aromatic hydroxyl groups is 1. The van der Waals surface area contributed by atoms with Gasteiger partial charge in [-0.15, -0.1) is 0 Å². The van der Waals surface area contributed by atoms with Crippen molar-refractivity contribution in [1.29, 1.82) is 0 Å². The molecule has 2 aromatic rings. The average Bonchev–Trinajstić information content (AvgIpc) is 2.41. The number of carbonyl (C=O) groups excluding carboxylic acids is 1. The van der Waals surface area contributed by atoms with Gasteiger partial charge in [0.25, 0.3) is 5.91 Å². The van der Waals surface area contributed by atoms with E-state index in [9.17, 15) is 9.90 Å². The van der Waals surface area contributed by atoms with E-state index in [-0.39, 0.29) is 17.1 Å². The minimum Gasteiger partial charge on any atom is -0.504 e. The number of phenolic OH excluding ortho intramolecular Hbond substituents is 1. The van der Waals surface area contributed by atoms with Gasteiger partial charge in [0.1, 0.15) is 0 Å². The molecule has 1 aromatic carbocycles. The number of ether oxygens (including phenoxy) is 1. The topological polar surface area (TPSA) is 71.5 Å². The monoisotopic (exact) mass is 278 g/mol. The molecule has 0 fully saturated rings. The Labute approximate surface area is 114 Å². The Morgan fingerprint density at radius 1 is 1.42 bits per heavy atom. The van der Waals surface area contributed by atoms with E-state index in [4.69, 9.17) is 16.3 Å². The number of hydrogen-bond acceptors (Lipinski definition) is 4. The van der Waals surface area contributed by atoms with Crippen molar-refractivity contribution in [1.82, 2.24) is 4.98 Å². The second-order valence-electron chi connectivity index (χ2n) is 3.67. The number of aromatic nitrogens is 1. The van der Waals surface area contributed by atoms with Crippen LogP contribution in [0.4, 0.5) is 5.82 Å². The number of halogens is 1. The van der Waals surface area contributed by atoms with Gasteiger partial charge in [0, 0.05) is 11.8 Å². The average molecular weight is 279 g/mol. The molecule has 2 N–H and O–H groups in total. The highest BCUT2D eigenvalue weighted by Gasteiger charge is 2.11. The van der Waals surface area contributed by atoms with E-state index >= 15 is 0 Å². The number of hydrogen-bond donors (Lipinski definition) is 2. The Balaban J connectivity index is 2.21. The fourth-order valence-corrected chi connectivity index (χ4v) is 1.66. The molecule has 0 spiro atoms. The van der Waals surface area contributed by atoms with E-state index in [1.165, 1.54) is 31.5 Å². The Morgan fingerprint density at radius 3 is 2.84 bits per heavy atom. The maximum atomic E-state index is 12.0. The Kier molecular flexibility index (Phi) is 3.87. The number of anilines is 1. The molecule has 0 bridgehead atoms. The molecule has 0 saturated heterocycles. The van der Waals surface area contributed by atoms with Crippen molar-refractivity contribution in [3.8, 4) is 11.5 Å². The zero-order valence-corrected chi connectivity index (χ0v) is 10.8. The third kappa shape index (κ3) is 2.95. The van der Waals surface area contributed by atoms with Gasteiger partial charge in [-0.2, -0.15) is 0 Å². The molecule has 6 heteroatoms. The minimum atomic E-state index is -0.418. The fraction of sp³-hybridized carbons (Fsp3) is 0.0769. The molecule has 0 atom stereocenters. The summed E-state index contributed by atoms with van der Waals surface area (Å²) in [4.78, 5) is 15.9. The number of benzene rings is 1. The van der Waals surface area contributed by atoms with Gasteiger partial charge in [0.2, 0.25) is 0 Å². The van der Waals surface area contributed by atoms with Crippen molar-refractivity contribution in [2.24, 2.45) is 0 Å². The summed E-state index contributed by atoms with van der Waals surface area (Å²) in [6.45, 7) is 0. The highest BCUT2D eigenvalue weighted by atomic mass is 35.5. The predicted molar refractivity (Wildman–Crippen MR) is 71.9 cm³/mol. The lowest BCUT2D eigenvalue weighted by molar-refractivity contribution is 0.102. The summed E-state index contributed by atoms with van der Waals surface area (Å²) in [5.74, 6) is 0.0395. The summed E-state index contributed by atoms with van der Waals surface area (Å²) in [5.41, 5.74) is 0.278. The Morgan fingerprint density at radius 2 is 2.21 bits per heavy atom. The SMILES string of the molecule is COc1ccc(C(=O)Nc2ncccc2Cl)cc1O. The quantitative estimate of drug-likeness (QED) is 0.905. The van der Waals surface area contributed by atoms with Crippen LogP contribution in [0.25, 0.3) is 0 Å². The molecule has 5 nitrogen and oxygen atoms in total. The Hall–Kier alpha value is -2.27. The number of pyridine rings is 1. The molecule has 1 amide bonds. The molecule has 19 heavy (non-hydrogen) atoms. The number of rotatable bonds is 3. The fourth-order valence-electron chi connectivity index (χ4n) is 1.49. The van der Waals surface area contributed by atoms with Crippen LogP contribution in [0, 0.1) is 0 Å². The van der Waals surface area contributed by atoms with Crippen LogP contribution in [0.2, 0.25) is 5.02 Å². The van der Waals surface area contributed by atoms with Crippen LogP contribution in [-0.2, 0) is 0 Å². The molecule has 0 unspecified atom stereocenters. The third-order valence-electron chi connectivity index (χ3n) is 2.43. The maximum Gasteiger partial charge on any atom is 0.256 e. The zero-order valence-electron chi connectivity index (χ0n) is 10.1. The lowest BCUT2D eigenvalue weighted by Gasteiger charge is -2.08. The number of carbonyl (C=O) groups is 1. The van der Waals surface area contributed by atoms with E-state index < -0.39 is 5.91 Å². The third-order valence-corrected chi connectivity index (χ3v) is 2.74. The molecule has 0 aliphatic rings. The van der Waals surface area contributed by atoms with Crippen molar-refractivity contribution in [2.45, 2.75) is 0 Å². The van der Waals surface area contributed by atoms with Gasteiger partial charge in [-0.05, 0) is 30.3 Å². The van der Waals surface area contributed by atoms with Gasteiger partial charge in [-0.1, -0.05) is 11.6 Å². The maximum absolute atomic E-state index is 12.0. The van der Waals surface area contributed by atoms with E-state index in [2.05, 4.69) is 10.3 Å². The second-order valence-corrected chi connectivity index (χ2v) is 4.08. The largest absolute Gasteiger partial charge is 0.504 e. The van der Waals surface area contributed by atoms with Gasteiger partial charge < -0.3 is 15.2 Å². The van der Waals surface area contributed by atoms with Gasteiger partial charge >= 0.3 is 0 Å². The normalized spacial score (nSPS) is 10.0. The first-order valence-electron chi connectivity index (χ1n) is 5.40. The van der Waals surface area contributed by atoms with Gasteiger partial charge in [-0.3, -0.25) is 4.79 Å². The van der Waals surface area contributed by atoms with Crippen molar-refractivity contribution in [3.63, 3.8) is 0 Å². The van der Waals surface area contributed by atoms with E-state index in [1.807, 2.05) is 0 Å². The number of amides is 1. The summed E-state index contributed by atoms with van der Waals surface area (Å²) in [5, 5.41) is 12.5. The predicted octanol–water partition coefficient (Wildman–Crippen LogP) is 2.70. The number of nitrogens with zero attached hydrogens (tertiary/aromatic N) is 1. The lowest BCUT2D eigenvalue weighted by Crippen LogP contribution is -2.13. The first-order valence-corrected chi connectivity index (χ1v) is 5.78. The van der Waals surface area contributed by atoms with Gasteiger partial charge in [0.05, 0.1) is 12.1 Å². The summed E-state index contributed by atoms with van der Waals surface area (Å²) in [7, 11) is 1.43. The second kappa shape index (κ2) is 5.58. The van der Waals surface area contributed by atoms with Crippen LogP contribution in [0.5, 0.6) is 11.5 Å². The van der Waals surface area contributed by atoms with Crippen LogP contribution in [-0.4, -0.2) is 23.1 Å². The molecule has 1 heterocycles. The van der Waals surface area contributed by atoms with Gasteiger partial charge in [0.15, 0.2) is 17.3 Å². The molecular weight excluding hydrogens is 268 g/mol. The molecule has 0 aliphatic carbocycles. The van der Waals surface area contributed by atoms with Crippen molar-refractivity contribution in [2.75, 3.05) is 12.4 Å². The lowest BCUT2D eigenvalue weighted by atomic mass is 10.2. The highest BCUT2D eigenvalue weighted by molar-refractivity contribution is 6.33. The van der Waals surface area contributed by atoms with Crippen LogP contribution >= 0.6 is 11.6 Å². The summed E-state index contributed by atoms with van der Waals surface area (Å²) in [6, 6.07) is 7.63. The minimum absolute atomic E-state index is 0.109. The van der Waals surface area contributed by atoms with Crippen molar-refractivity contribution < 1.29 is 14.6 Å². The molecule has 0 saturated carbocycles. The van der Waals surface area contributed by atoms with E-state index in [0.29, 0.717) is 10.8 Å². The molecule has 2 rings (SSSR count). The first-order chi connectivity index (χ1) is 9.11. The van der Waals surface area contributed by atoms with E-state index in [1.54, 1.807) is 12.1 Å². The smallest absolute Gasteiger partial charge is 0.256 e. The number of phenols is 1. The van der Waals surface area contributed by atoms with Crippen LogP contribution < -0.4 is 10.1 Å². The first kappa shape index (κ1) is 13.2. The Bertz CT molecular complexity index is 617.